The minimum absolute atomic E-state index is 0.143. The number of carbonyl (C=O) groups excluding carboxylic acids is 1. The van der Waals surface area contributed by atoms with Crippen molar-refractivity contribution in [2.75, 3.05) is 6.54 Å². The summed E-state index contributed by atoms with van der Waals surface area (Å²) in [5.41, 5.74) is 9.42. The van der Waals surface area contributed by atoms with Gasteiger partial charge in [0.05, 0.1) is 35.6 Å². The summed E-state index contributed by atoms with van der Waals surface area (Å²) in [6.45, 7) is 0.390. The lowest BCUT2D eigenvalue weighted by molar-refractivity contribution is -0.157. The fraction of sp³-hybridized carbons (Fsp3) is 0.190. The molecule has 0 radical (unpaired) electrons. The Morgan fingerprint density at radius 3 is 2.93 bits per heavy atom. The van der Waals surface area contributed by atoms with Crippen LogP contribution in [0, 0.1) is 11.8 Å². The number of aliphatic hydroxyl groups excluding tert-OH is 1. The number of pyridine rings is 2. The molecule has 3 aromatic rings. The zero-order chi connectivity index (χ0) is 19.4. The van der Waals surface area contributed by atoms with E-state index in [0.29, 0.717) is 23.5 Å². The van der Waals surface area contributed by atoms with Gasteiger partial charge in [-0.25, -0.2) is 9.78 Å². The Labute approximate surface area is 159 Å². The van der Waals surface area contributed by atoms with Gasteiger partial charge in [-0.1, -0.05) is 30.0 Å². The molecule has 4 heterocycles. The van der Waals surface area contributed by atoms with Crippen molar-refractivity contribution in [1.82, 2.24) is 9.55 Å². The number of hydrogen-bond donors (Lipinski definition) is 2. The van der Waals surface area contributed by atoms with Crippen molar-refractivity contribution in [3.63, 3.8) is 0 Å². The maximum atomic E-state index is 13.0. The summed E-state index contributed by atoms with van der Waals surface area (Å²) >= 11 is 0. The van der Waals surface area contributed by atoms with Gasteiger partial charge in [0.25, 0.3) is 5.56 Å². The van der Waals surface area contributed by atoms with E-state index in [-0.39, 0.29) is 24.3 Å². The number of aromatic nitrogens is 2. The lowest BCUT2D eigenvalue weighted by atomic mass is 9.99. The fourth-order valence-corrected chi connectivity index (χ4v) is 3.86. The van der Waals surface area contributed by atoms with Gasteiger partial charge in [-0.2, -0.15) is 0 Å². The van der Waals surface area contributed by atoms with E-state index in [1.807, 2.05) is 24.3 Å². The number of para-hydroxylation sites is 1. The summed E-state index contributed by atoms with van der Waals surface area (Å²) in [7, 11) is 0. The van der Waals surface area contributed by atoms with E-state index < -0.39 is 12.1 Å². The van der Waals surface area contributed by atoms with Gasteiger partial charge < -0.3 is 20.1 Å². The van der Waals surface area contributed by atoms with E-state index in [1.165, 1.54) is 0 Å². The van der Waals surface area contributed by atoms with Crippen LogP contribution < -0.4 is 11.3 Å². The van der Waals surface area contributed by atoms with Gasteiger partial charge in [0.2, 0.25) is 0 Å². The lowest BCUT2D eigenvalue weighted by Crippen LogP contribution is -2.32. The van der Waals surface area contributed by atoms with Gasteiger partial charge in [0.15, 0.2) is 6.10 Å². The van der Waals surface area contributed by atoms with E-state index in [2.05, 4.69) is 11.8 Å². The van der Waals surface area contributed by atoms with E-state index in [9.17, 15) is 14.7 Å². The van der Waals surface area contributed by atoms with Gasteiger partial charge in [-0.15, -0.1) is 0 Å². The third-order valence-electron chi connectivity index (χ3n) is 5.18. The highest BCUT2D eigenvalue weighted by Gasteiger charge is 2.34. The highest BCUT2D eigenvalue weighted by molar-refractivity contribution is 5.91. The summed E-state index contributed by atoms with van der Waals surface area (Å²) in [6, 6.07) is 9.28. The van der Waals surface area contributed by atoms with E-state index >= 15 is 0 Å². The summed E-state index contributed by atoms with van der Waals surface area (Å²) in [5, 5.41) is 11.1. The van der Waals surface area contributed by atoms with Crippen LogP contribution in [-0.2, 0) is 22.7 Å². The van der Waals surface area contributed by atoms with Crippen molar-refractivity contribution in [3.8, 4) is 23.2 Å². The Balaban J connectivity index is 1.83. The number of benzene rings is 1. The monoisotopic (exact) mass is 373 g/mol. The quantitative estimate of drug-likeness (QED) is 0.349. The maximum Gasteiger partial charge on any atom is 0.340 e. The first-order valence-corrected chi connectivity index (χ1v) is 8.82. The number of hydrogen-bond acceptors (Lipinski definition) is 6. The van der Waals surface area contributed by atoms with Crippen molar-refractivity contribution in [2.45, 2.75) is 19.3 Å². The van der Waals surface area contributed by atoms with E-state index in [1.54, 1.807) is 10.6 Å². The summed E-state index contributed by atoms with van der Waals surface area (Å²) in [6.07, 6.45) is -1.47. The highest BCUT2D eigenvalue weighted by atomic mass is 16.5. The van der Waals surface area contributed by atoms with Crippen molar-refractivity contribution >= 4 is 16.9 Å². The van der Waals surface area contributed by atoms with E-state index in [0.717, 1.165) is 22.0 Å². The Hall–Kier alpha value is -3.47. The van der Waals surface area contributed by atoms with E-state index in [4.69, 9.17) is 15.5 Å². The van der Waals surface area contributed by atoms with Crippen LogP contribution in [0.15, 0.2) is 35.1 Å². The molecule has 7 nitrogen and oxygen atoms in total. The second kappa shape index (κ2) is 6.02. The Bertz CT molecular complexity index is 1300. The second-order valence-corrected chi connectivity index (χ2v) is 6.70. The van der Waals surface area contributed by atoms with Crippen LogP contribution >= 0.6 is 0 Å². The molecule has 0 amide bonds. The van der Waals surface area contributed by atoms with Crippen LogP contribution in [0.2, 0.25) is 0 Å². The van der Waals surface area contributed by atoms with Crippen LogP contribution in [0.5, 0.6) is 0 Å². The zero-order valence-electron chi connectivity index (χ0n) is 14.7. The number of fused-ring (bicyclic) bond motifs is 5. The standard InChI is InChI=1S/C21H15N3O4/c22-7-3-5-11-12-4-1-2-6-16(12)23-18-14(11)9-24-17(18)8-13-15(20(24)26)10-28-21(27)19(13)25/h1-2,4,6,8,19,25H,7,9-10,22H2/t19-/m0/s1. The summed E-state index contributed by atoms with van der Waals surface area (Å²) in [5.74, 6) is 5.27. The molecule has 0 spiro atoms. The molecule has 2 aliphatic rings. The molecule has 0 fully saturated rings. The van der Waals surface area contributed by atoms with Crippen molar-refractivity contribution in [3.05, 3.63) is 62.9 Å². The van der Waals surface area contributed by atoms with Gasteiger partial charge in [0.1, 0.15) is 6.61 Å². The molecule has 28 heavy (non-hydrogen) atoms. The van der Waals surface area contributed by atoms with Crippen LogP contribution in [0.3, 0.4) is 0 Å². The van der Waals surface area contributed by atoms with Crippen LogP contribution in [0.4, 0.5) is 0 Å². The zero-order valence-corrected chi connectivity index (χ0v) is 14.7. The first-order valence-electron chi connectivity index (χ1n) is 8.82. The number of cyclic esters (lactones) is 1. The van der Waals surface area contributed by atoms with Crippen LogP contribution in [-0.4, -0.2) is 27.2 Å². The molecule has 5 rings (SSSR count). The Morgan fingerprint density at radius 1 is 1.29 bits per heavy atom. The van der Waals surface area contributed by atoms with Gasteiger partial charge in [-0.3, -0.25) is 4.79 Å². The minimum atomic E-state index is -1.47. The first-order chi connectivity index (χ1) is 13.6. The second-order valence-electron chi connectivity index (χ2n) is 6.70. The van der Waals surface area contributed by atoms with Crippen LogP contribution in [0.25, 0.3) is 22.3 Å². The molecule has 138 valence electrons. The molecule has 0 unspecified atom stereocenters. The van der Waals surface area contributed by atoms with Crippen molar-refractivity contribution < 1.29 is 14.6 Å². The number of aliphatic hydroxyl groups is 1. The van der Waals surface area contributed by atoms with Crippen LogP contribution in [0.1, 0.15) is 28.4 Å². The van der Waals surface area contributed by atoms with Gasteiger partial charge in [-0.05, 0) is 12.1 Å². The normalized spacial score (nSPS) is 16.6. The molecule has 3 N–H and O–H groups in total. The molecule has 0 aliphatic carbocycles. The number of nitrogens with two attached hydrogens (primary N) is 1. The number of carbonyl (C=O) groups is 1. The largest absolute Gasteiger partial charge is 0.458 e. The lowest BCUT2D eigenvalue weighted by Gasteiger charge is -2.21. The smallest absolute Gasteiger partial charge is 0.340 e. The average molecular weight is 373 g/mol. The number of ether oxygens (including phenoxy) is 1. The molecule has 1 aromatic carbocycles. The molecular formula is C21H15N3O4. The molecular weight excluding hydrogens is 358 g/mol. The summed E-state index contributed by atoms with van der Waals surface area (Å²) in [4.78, 5) is 29.5. The van der Waals surface area contributed by atoms with Crippen molar-refractivity contribution in [2.24, 2.45) is 5.73 Å². The molecule has 7 heteroatoms. The topological polar surface area (TPSA) is 107 Å². The SMILES string of the molecule is NCC#Cc1c2c(nc3ccccc13)-c1cc3c(c(=O)n1C2)COC(=O)[C@H]3O. The fourth-order valence-electron chi connectivity index (χ4n) is 3.86. The average Bonchev–Trinajstić information content (AvgIpc) is 3.07. The molecule has 0 saturated carbocycles. The van der Waals surface area contributed by atoms with Crippen molar-refractivity contribution in [1.29, 1.82) is 0 Å². The summed E-state index contributed by atoms with van der Waals surface area (Å²) < 4.78 is 6.51. The Kier molecular flexibility index (Phi) is 3.59. The predicted octanol–water partition coefficient (Wildman–Crippen LogP) is 0.826. The molecule has 2 aliphatic heterocycles. The predicted molar refractivity (Wildman–Crippen MR) is 101 cm³/mol. The molecule has 0 bridgehead atoms. The molecule has 1 atom stereocenters. The third kappa shape index (κ3) is 2.22. The Morgan fingerprint density at radius 2 is 2.11 bits per heavy atom. The van der Waals surface area contributed by atoms with Gasteiger partial charge in [0, 0.05) is 22.1 Å². The highest BCUT2D eigenvalue weighted by Crippen LogP contribution is 2.37. The van der Waals surface area contributed by atoms with Gasteiger partial charge >= 0.3 is 5.97 Å². The molecule has 0 saturated heterocycles. The number of rotatable bonds is 0. The first kappa shape index (κ1) is 16.7. The molecule has 2 aromatic heterocycles. The number of nitrogens with zero attached hydrogens (tertiary/aromatic N) is 2. The minimum Gasteiger partial charge on any atom is -0.458 e. The maximum absolute atomic E-state index is 13.0. The third-order valence-corrected chi connectivity index (χ3v) is 5.18. The number of esters is 1.